The first-order valence-electron chi connectivity index (χ1n) is 6.93. The van der Waals surface area contributed by atoms with Crippen LogP contribution in [0.1, 0.15) is 24.8 Å². The third kappa shape index (κ3) is 2.13. The minimum absolute atomic E-state index is 0.466. The van der Waals surface area contributed by atoms with Gasteiger partial charge in [0.15, 0.2) is 0 Å². The number of hydrogen-bond donors (Lipinski definition) is 1. The Labute approximate surface area is 108 Å². The van der Waals surface area contributed by atoms with E-state index in [1.165, 1.54) is 5.56 Å². The van der Waals surface area contributed by atoms with Gasteiger partial charge in [-0.25, -0.2) is 0 Å². The molecule has 1 aromatic rings. The van der Waals surface area contributed by atoms with Crippen molar-refractivity contribution in [1.29, 1.82) is 0 Å². The highest BCUT2D eigenvalue weighted by Gasteiger charge is 2.36. The van der Waals surface area contributed by atoms with Gasteiger partial charge in [-0.05, 0) is 19.0 Å². The lowest BCUT2D eigenvalue weighted by Gasteiger charge is -2.28. The Kier molecular flexibility index (Phi) is 3.52. The summed E-state index contributed by atoms with van der Waals surface area (Å²) < 4.78 is 11.4. The van der Waals surface area contributed by atoms with Crippen molar-refractivity contribution < 1.29 is 9.47 Å². The van der Waals surface area contributed by atoms with Crippen LogP contribution < -0.4 is 10.1 Å². The van der Waals surface area contributed by atoms with Crippen LogP contribution in [0.5, 0.6) is 5.75 Å². The lowest BCUT2D eigenvalue weighted by atomic mass is 9.84. The molecule has 0 saturated carbocycles. The molecule has 2 aliphatic heterocycles. The van der Waals surface area contributed by atoms with E-state index in [1.54, 1.807) is 0 Å². The maximum Gasteiger partial charge on any atom is 0.122 e. The Morgan fingerprint density at radius 2 is 2.22 bits per heavy atom. The van der Waals surface area contributed by atoms with Gasteiger partial charge in [0.1, 0.15) is 5.75 Å². The van der Waals surface area contributed by atoms with Crippen molar-refractivity contribution >= 4 is 0 Å². The van der Waals surface area contributed by atoms with E-state index in [-0.39, 0.29) is 0 Å². The fourth-order valence-electron chi connectivity index (χ4n) is 3.19. The van der Waals surface area contributed by atoms with Crippen LogP contribution in [0, 0.1) is 5.92 Å². The molecular formula is C15H21NO2. The summed E-state index contributed by atoms with van der Waals surface area (Å²) in [6, 6.07) is 8.90. The van der Waals surface area contributed by atoms with Gasteiger partial charge in [-0.1, -0.05) is 25.1 Å². The van der Waals surface area contributed by atoms with Gasteiger partial charge in [-0.3, -0.25) is 0 Å². The first-order chi connectivity index (χ1) is 8.90. The third-order valence-electron chi connectivity index (χ3n) is 4.08. The number of rotatable bonds is 4. The minimum atomic E-state index is 0.466. The van der Waals surface area contributed by atoms with Crippen LogP contribution in [0.3, 0.4) is 0 Å². The summed E-state index contributed by atoms with van der Waals surface area (Å²) in [6.45, 7) is 5.76. The van der Waals surface area contributed by atoms with Crippen LogP contribution in [0.25, 0.3) is 0 Å². The number of benzene rings is 1. The molecule has 3 nitrogen and oxygen atoms in total. The highest BCUT2D eigenvalue weighted by atomic mass is 16.5. The molecule has 0 bridgehead atoms. The predicted octanol–water partition coefficient (Wildman–Crippen LogP) is 2.18. The first-order valence-corrected chi connectivity index (χ1v) is 6.93. The Morgan fingerprint density at radius 1 is 1.33 bits per heavy atom. The van der Waals surface area contributed by atoms with Gasteiger partial charge in [-0.15, -0.1) is 0 Å². The average molecular weight is 247 g/mol. The normalized spacial score (nSPS) is 27.8. The molecule has 0 amide bonds. The molecule has 3 heteroatoms. The molecule has 1 aromatic carbocycles. The second-order valence-corrected chi connectivity index (χ2v) is 5.16. The van der Waals surface area contributed by atoms with Crippen molar-refractivity contribution in [1.82, 2.24) is 5.32 Å². The van der Waals surface area contributed by atoms with E-state index in [1.807, 2.05) is 6.07 Å². The summed E-state index contributed by atoms with van der Waals surface area (Å²) in [4.78, 5) is 0. The molecule has 3 atom stereocenters. The van der Waals surface area contributed by atoms with Crippen molar-refractivity contribution in [3.8, 4) is 5.75 Å². The molecule has 0 aliphatic carbocycles. The van der Waals surface area contributed by atoms with Gasteiger partial charge in [0.25, 0.3) is 0 Å². The van der Waals surface area contributed by atoms with Crippen LogP contribution in [0.15, 0.2) is 24.3 Å². The molecule has 3 unspecified atom stereocenters. The molecule has 0 aromatic heterocycles. The minimum Gasteiger partial charge on any atom is -0.493 e. The zero-order valence-electron chi connectivity index (χ0n) is 10.9. The molecule has 0 radical (unpaired) electrons. The fourth-order valence-corrected chi connectivity index (χ4v) is 3.19. The molecule has 2 heterocycles. The summed E-state index contributed by atoms with van der Waals surface area (Å²) >= 11 is 0. The topological polar surface area (TPSA) is 30.5 Å². The second-order valence-electron chi connectivity index (χ2n) is 5.16. The van der Waals surface area contributed by atoms with E-state index >= 15 is 0 Å². The van der Waals surface area contributed by atoms with E-state index in [2.05, 4.69) is 30.4 Å². The van der Waals surface area contributed by atoms with Crippen molar-refractivity contribution in [3.05, 3.63) is 29.8 Å². The monoisotopic (exact) mass is 247 g/mol. The summed E-state index contributed by atoms with van der Waals surface area (Å²) in [7, 11) is 0. The number of likely N-dealkylation sites (N-methyl/N-ethyl adjacent to an activating group) is 1. The van der Waals surface area contributed by atoms with E-state index in [0.29, 0.717) is 17.9 Å². The van der Waals surface area contributed by atoms with Crippen molar-refractivity contribution in [2.24, 2.45) is 5.92 Å². The molecule has 1 fully saturated rings. The zero-order valence-corrected chi connectivity index (χ0v) is 10.9. The number of hydrogen-bond acceptors (Lipinski definition) is 3. The van der Waals surface area contributed by atoms with Gasteiger partial charge < -0.3 is 14.8 Å². The quantitative estimate of drug-likeness (QED) is 0.884. The summed E-state index contributed by atoms with van der Waals surface area (Å²) in [5.41, 5.74) is 1.36. The van der Waals surface area contributed by atoms with Crippen molar-refractivity contribution in [2.45, 2.75) is 25.3 Å². The second kappa shape index (κ2) is 5.29. The van der Waals surface area contributed by atoms with Crippen LogP contribution in [0.2, 0.25) is 0 Å². The van der Waals surface area contributed by atoms with Gasteiger partial charge in [0.05, 0.1) is 13.2 Å². The SMILES string of the molecule is CCNC(C1CCOC1)C1COc2ccccc21. The Hall–Kier alpha value is -1.06. The standard InChI is InChI=1S/C15H21NO2/c1-2-16-15(11-7-8-17-9-11)13-10-18-14-6-4-3-5-12(13)14/h3-6,11,13,15-16H,2,7-10H2,1H3. The predicted molar refractivity (Wildman–Crippen MR) is 71.1 cm³/mol. The molecule has 2 aliphatic rings. The number of nitrogens with one attached hydrogen (secondary N) is 1. The van der Waals surface area contributed by atoms with E-state index in [4.69, 9.17) is 9.47 Å². The molecule has 1 saturated heterocycles. The summed E-state index contributed by atoms with van der Waals surface area (Å²) in [5.74, 6) is 2.14. The van der Waals surface area contributed by atoms with Gasteiger partial charge in [0.2, 0.25) is 0 Å². The van der Waals surface area contributed by atoms with E-state index in [0.717, 1.165) is 38.5 Å². The highest BCUT2D eigenvalue weighted by Crippen LogP contribution is 2.38. The molecule has 98 valence electrons. The molecule has 0 spiro atoms. The van der Waals surface area contributed by atoms with E-state index in [9.17, 15) is 0 Å². The lowest BCUT2D eigenvalue weighted by molar-refractivity contribution is 0.168. The Morgan fingerprint density at radius 3 is 3.00 bits per heavy atom. The third-order valence-corrected chi connectivity index (χ3v) is 4.08. The average Bonchev–Trinajstić information content (AvgIpc) is 3.06. The summed E-state index contributed by atoms with van der Waals surface area (Å²) in [5, 5.41) is 3.65. The largest absolute Gasteiger partial charge is 0.493 e. The number of ether oxygens (including phenoxy) is 2. The fraction of sp³-hybridized carbons (Fsp3) is 0.600. The van der Waals surface area contributed by atoms with Crippen LogP contribution >= 0.6 is 0 Å². The van der Waals surface area contributed by atoms with Crippen molar-refractivity contribution in [2.75, 3.05) is 26.4 Å². The molecular weight excluding hydrogens is 226 g/mol. The number of para-hydroxylation sites is 1. The maximum absolute atomic E-state index is 5.82. The highest BCUT2D eigenvalue weighted by molar-refractivity contribution is 5.40. The molecule has 18 heavy (non-hydrogen) atoms. The molecule has 3 rings (SSSR count). The number of fused-ring (bicyclic) bond motifs is 1. The van der Waals surface area contributed by atoms with Gasteiger partial charge >= 0.3 is 0 Å². The van der Waals surface area contributed by atoms with E-state index < -0.39 is 0 Å². The molecule has 1 N–H and O–H groups in total. The van der Waals surface area contributed by atoms with Crippen LogP contribution in [-0.2, 0) is 4.74 Å². The smallest absolute Gasteiger partial charge is 0.122 e. The van der Waals surface area contributed by atoms with Crippen LogP contribution in [-0.4, -0.2) is 32.4 Å². The van der Waals surface area contributed by atoms with Gasteiger partial charge in [-0.2, -0.15) is 0 Å². The first kappa shape index (κ1) is 12.0. The Bertz CT molecular complexity index is 401. The maximum atomic E-state index is 5.82. The van der Waals surface area contributed by atoms with Gasteiger partial charge in [0, 0.05) is 30.0 Å². The van der Waals surface area contributed by atoms with Crippen molar-refractivity contribution in [3.63, 3.8) is 0 Å². The Balaban J connectivity index is 1.83. The lowest BCUT2D eigenvalue weighted by Crippen LogP contribution is -2.42. The zero-order chi connectivity index (χ0) is 12.4. The van der Waals surface area contributed by atoms with Crippen LogP contribution in [0.4, 0.5) is 0 Å². The summed E-state index contributed by atoms with van der Waals surface area (Å²) in [6.07, 6.45) is 1.16.